The van der Waals surface area contributed by atoms with Crippen LogP contribution in [0.15, 0.2) is 54.5 Å². The lowest BCUT2D eigenvalue weighted by molar-refractivity contribution is 0.532. The fraction of sp³-hybridized carbons (Fsp3) is 0.292. The first-order valence-electron chi connectivity index (χ1n) is 11.1. The van der Waals surface area contributed by atoms with Crippen molar-refractivity contribution in [2.75, 3.05) is 5.73 Å². The number of nitrogens with zero attached hydrogens (tertiary/aromatic N) is 4. The third-order valence-corrected chi connectivity index (χ3v) is 9.05. The molecule has 2 aromatic heterocycles. The van der Waals surface area contributed by atoms with Gasteiger partial charge in [-0.15, -0.1) is 11.6 Å². The van der Waals surface area contributed by atoms with Gasteiger partial charge in [-0.1, -0.05) is 31.1 Å². The van der Waals surface area contributed by atoms with Crippen LogP contribution < -0.4 is 10.9 Å². The molecule has 1 fully saturated rings. The maximum atomic E-state index is 15.7. The zero-order chi connectivity index (χ0) is 25.0. The largest absolute Gasteiger partial charge is 0.383 e. The summed E-state index contributed by atoms with van der Waals surface area (Å²) in [7, 11) is -4.43. The second-order valence-corrected chi connectivity index (χ2v) is 11.1. The van der Waals surface area contributed by atoms with E-state index in [2.05, 4.69) is 14.5 Å². The summed E-state index contributed by atoms with van der Waals surface area (Å²) in [5.74, 6) is -0.532. The van der Waals surface area contributed by atoms with Crippen LogP contribution in [0.3, 0.4) is 0 Å². The average molecular weight is 513 g/mol. The highest BCUT2D eigenvalue weighted by atomic mass is 35.5. The van der Waals surface area contributed by atoms with Crippen LogP contribution in [-0.2, 0) is 14.8 Å². The SMILES string of the molecule is N#CC1=CC(Cl)C(c2ccc(-c3cn(C4CCCC4)c4ncnc(N)c34)cc2F)(S(N)(=O)=O)C=C1. The van der Waals surface area contributed by atoms with Gasteiger partial charge >= 0.3 is 0 Å². The number of alkyl halides is 1. The predicted molar refractivity (Wildman–Crippen MR) is 132 cm³/mol. The Morgan fingerprint density at radius 1 is 1.26 bits per heavy atom. The van der Waals surface area contributed by atoms with E-state index in [9.17, 15) is 8.42 Å². The molecule has 0 saturated heterocycles. The summed E-state index contributed by atoms with van der Waals surface area (Å²) in [5, 5.41) is 14.0. The second-order valence-electron chi connectivity index (χ2n) is 8.85. The van der Waals surface area contributed by atoms with Crippen molar-refractivity contribution in [1.82, 2.24) is 14.5 Å². The number of benzene rings is 1. The van der Waals surface area contributed by atoms with E-state index in [-0.39, 0.29) is 23.0 Å². The van der Waals surface area contributed by atoms with E-state index >= 15 is 4.39 Å². The van der Waals surface area contributed by atoms with Gasteiger partial charge in [-0.2, -0.15) is 5.26 Å². The van der Waals surface area contributed by atoms with Gasteiger partial charge in [0.1, 0.15) is 23.6 Å². The number of nitriles is 1. The fourth-order valence-corrected chi connectivity index (χ4v) is 6.96. The highest BCUT2D eigenvalue weighted by Crippen LogP contribution is 2.44. The van der Waals surface area contributed by atoms with E-state index in [4.69, 9.17) is 27.7 Å². The fourth-order valence-electron chi connectivity index (χ4n) is 5.15. The van der Waals surface area contributed by atoms with Crippen molar-refractivity contribution in [3.05, 3.63) is 65.9 Å². The molecule has 0 aliphatic heterocycles. The average Bonchev–Trinajstić information content (AvgIpc) is 3.47. The Kier molecular flexibility index (Phi) is 5.67. The number of primary sulfonamides is 1. The monoisotopic (exact) mass is 512 g/mol. The van der Waals surface area contributed by atoms with Gasteiger partial charge in [0.2, 0.25) is 10.0 Å². The molecule has 3 aromatic rings. The van der Waals surface area contributed by atoms with Crippen molar-refractivity contribution in [3.63, 3.8) is 0 Å². The molecule has 8 nitrogen and oxygen atoms in total. The van der Waals surface area contributed by atoms with Crippen molar-refractivity contribution >= 4 is 38.5 Å². The van der Waals surface area contributed by atoms with Crippen LogP contribution in [0, 0.1) is 17.1 Å². The van der Waals surface area contributed by atoms with E-state index in [1.165, 1.54) is 36.7 Å². The minimum absolute atomic E-state index is 0.163. The van der Waals surface area contributed by atoms with Crippen LogP contribution >= 0.6 is 11.6 Å². The number of rotatable bonds is 4. The molecule has 2 unspecified atom stereocenters. The summed E-state index contributed by atoms with van der Waals surface area (Å²) in [6.07, 6.45) is 11.3. The topological polar surface area (TPSA) is 141 Å². The van der Waals surface area contributed by atoms with Gasteiger partial charge in [0.15, 0.2) is 4.75 Å². The highest BCUT2D eigenvalue weighted by Gasteiger charge is 2.50. The van der Waals surface area contributed by atoms with Crippen molar-refractivity contribution in [2.24, 2.45) is 5.14 Å². The highest BCUT2D eigenvalue weighted by molar-refractivity contribution is 7.90. The molecule has 2 aliphatic carbocycles. The third kappa shape index (κ3) is 3.62. The molecule has 2 aliphatic rings. The van der Waals surface area contributed by atoms with Crippen LogP contribution in [0.4, 0.5) is 10.2 Å². The molecule has 2 atom stereocenters. The third-order valence-electron chi connectivity index (χ3n) is 6.90. The molecule has 35 heavy (non-hydrogen) atoms. The molecular formula is C24H22ClFN6O2S. The maximum absolute atomic E-state index is 15.7. The number of anilines is 1. The van der Waals surface area contributed by atoms with Crippen molar-refractivity contribution in [3.8, 4) is 17.2 Å². The van der Waals surface area contributed by atoms with Gasteiger partial charge in [-0.25, -0.2) is 27.9 Å². The van der Waals surface area contributed by atoms with Gasteiger partial charge in [0, 0.05) is 28.9 Å². The minimum atomic E-state index is -4.43. The summed E-state index contributed by atoms with van der Waals surface area (Å²) >= 11 is 6.39. The zero-order valence-electron chi connectivity index (χ0n) is 18.5. The quantitative estimate of drug-likeness (QED) is 0.505. The summed E-state index contributed by atoms with van der Waals surface area (Å²) in [5.41, 5.74) is 7.96. The Hall–Kier alpha value is -3.26. The summed E-state index contributed by atoms with van der Waals surface area (Å²) in [6, 6.07) is 6.37. The number of nitrogen functional groups attached to an aromatic ring is 1. The lowest BCUT2D eigenvalue weighted by Gasteiger charge is -2.34. The molecule has 2 heterocycles. The number of fused-ring (bicyclic) bond motifs is 1. The van der Waals surface area contributed by atoms with Gasteiger partial charge in [-0.05, 0) is 36.6 Å². The van der Waals surface area contributed by atoms with Crippen molar-refractivity contribution in [1.29, 1.82) is 5.26 Å². The Labute approximate surface area is 206 Å². The number of hydrogen-bond acceptors (Lipinski definition) is 6. The smallest absolute Gasteiger partial charge is 0.224 e. The minimum Gasteiger partial charge on any atom is -0.383 e. The first-order valence-corrected chi connectivity index (χ1v) is 13.0. The van der Waals surface area contributed by atoms with E-state index in [0.29, 0.717) is 22.2 Å². The molecule has 0 amide bonds. The zero-order valence-corrected chi connectivity index (χ0v) is 20.1. The molecule has 0 spiro atoms. The maximum Gasteiger partial charge on any atom is 0.224 e. The number of hydrogen-bond donors (Lipinski definition) is 2. The summed E-state index contributed by atoms with van der Waals surface area (Å²) in [6.45, 7) is 0. The van der Waals surface area contributed by atoms with Gasteiger partial charge < -0.3 is 10.3 Å². The lowest BCUT2D eigenvalue weighted by Crippen LogP contribution is -2.47. The van der Waals surface area contributed by atoms with Crippen LogP contribution in [0.2, 0.25) is 0 Å². The first kappa shape index (κ1) is 23.5. The van der Waals surface area contributed by atoms with Crippen LogP contribution in [0.25, 0.3) is 22.2 Å². The predicted octanol–water partition coefficient (Wildman–Crippen LogP) is 4.05. The van der Waals surface area contributed by atoms with Crippen LogP contribution in [-0.4, -0.2) is 28.3 Å². The van der Waals surface area contributed by atoms with E-state index in [1.807, 2.05) is 12.3 Å². The van der Waals surface area contributed by atoms with Gasteiger partial charge in [-0.3, -0.25) is 0 Å². The molecule has 11 heteroatoms. The number of nitrogens with two attached hydrogens (primary N) is 2. The second kappa shape index (κ2) is 8.45. The molecule has 0 bridgehead atoms. The number of halogens is 2. The Morgan fingerprint density at radius 3 is 2.63 bits per heavy atom. The van der Waals surface area contributed by atoms with Crippen LogP contribution in [0.5, 0.6) is 0 Å². The normalized spacial score (nSPS) is 22.9. The Morgan fingerprint density at radius 2 is 2.00 bits per heavy atom. The molecule has 1 saturated carbocycles. The van der Waals surface area contributed by atoms with E-state index in [1.54, 1.807) is 6.07 Å². The van der Waals surface area contributed by atoms with Gasteiger partial charge in [0.25, 0.3) is 0 Å². The molecule has 1 aromatic carbocycles. The molecule has 4 N–H and O–H groups in total. The van der Waals surface area contributed by atoms with E-state index in [0.717, 1.165) is 25.7 Å². The first-order chi connectivity index (χ1) is 16.7. The number of sulfonamides is 1. The lowest BCUT2D eigenvalue weighted by atomic mass is 9.87. The van der Waals surface area contributed by atoms with Crippen molar-refractivity contribution in [2.45, 2.75) is 41.8 Å². The molecule has 180 valence electrons. The summed E-state index contributed by atoms with van der Waals surface area (Å²) < 4.78 is 41.1. The standard InChI is InChI=1S/C24H22ClFN6O2S/c25-20-9-14(11-27)7-8-24(20,35(29,33)34)18-6-5-15(10-19(18)26)17-12-32(16-3-1-2-4-16)23-21(17)22(28)30-13-31-23/h5-10,12-13,16,20H,1-4H2,(H2,28,30,31)(H2,29,33,34). The summed E-state index contributed by atoms with van der Waals surface area (Å²) in [4.78, 5) is 8.56. The Balaban J connectivity index is 1.67. The van der Waals surface area contributed by atoms with E-state index < -0.39 is 26.0 Å². The molecular weight excluding hydrogens is 491 g/mol. The molecule has 5 rings (SSSR count). The number of aromatic nitrogens is 3. The Bertz CT molecular complexity index is 1550. The van der Waals surface area contributed by atoms with Crippen LogP contribution in [0.1, 0.15) is 37.3 Å². The molecule has 0 radical (unpaired) electrons. The number of allylic oxidation sites excluding steroid dienone is 3. The van der Waals surface area contributed by atoms with Gasteiger partial charge in [0.05, 0.1) is 16.8 Å². The van der Waals surface area contributed by atoms with Crippen molar-refractivity contribution < 1.29 is 12.8 Å².